The topological polar surface area (TPSA) is 49.8 Å². The highest BCUT2D eigenvalue weighted by Crippen LogP contribution is 2.18. The van der Waals surface area contributed by atoms with Crippen LogP contribution >= 0.6 is 0 Å². The Bertz CT molecular complexity index is 226. The van der Waals surface area contributed by atoms with E-state index in [1.807, 2.05) is 0 Å². The molecular formula is C11H19NO3. The Morgan fingerprint density at radius 2 is 2.33 bits per heavy atom. The maximum absolute atomic E-state index is 11.7. The molecule has 0 spiro atoms. The van der Waals surface area contributed by atoms with Crippen molar-refractivity contribution in [2.75, 3.05) is 19.7 Å². The zero-order valence-electron chi connectivity index (χ0n) is 9.02. The lowest BCUT2D eigenvalue weighted by molar-refractivity contribution is -0.131. The molecule has 0 aromatic carbocycles. The molecule has 2 aliphatic rings. The Balaban J connectivity index is 1.67. The van der Waals surface area contributed by atoms with Crippen LogP contribution in [0.4, 0.5) is 0 Å². The van der Waals surface area contributed by atoms with Gasteiger partial charge >= 0.3 is 0 Å². The Hall–Kier alpha value is -0.610. The highest BCUT2D eigenvalue weighted by atomic mass is 16.5. The first kappa shape index (κ1) is 10.9. The van der Waals surface area contributed by atoms with Crippen molar-refractivity contribution in [2.24, 2.45) is 0 Å². The number of carbonyl (C=O) groups excluding carboxylic acids is 1. The predicted octanol–water partition coefficient (Wildman–Crippen LogP) is 0.539. The highest BCUT2D eigenvalue weighted by molar-refractivity contribution is 5.76. The molecule has 86 valence electrons. The van der Waals surface area contributed by atoms with Crippen molar-refractivity contribution in [3.8, 4) is 0 Å². The summed E-state index contributed by atoms with van der Waals surface area (Å²) in [6.45, 7) is 2.08. The molecule has 0 radical (unpaired) electrons. The number of aliphatic hydroxyl groups is 1. The standard InChI is InChI=1S/C11H19NO3/c13-9-5-6-12(8-9)11(14)4-3-10-2-1-7-15-10/h9-10,13H,1-8H2/t9-,10?/m0/s1. The molecule has 1 amide bonds. The molecule has 2 fully saturated rings. The smallest absolute Gasteiger partial charge is 0.222 e. The second-order valence-corrected chi connectivity index (χ2v) is 4.46. The second kappa shape index (κ2) is 4.94. The van der Waals surface area contributed by atoms with Gasteiger partial charge in [0.2, 0.25) is 5.91 Å². The molecule has 0 bridgehead atoms. The lowest BCUT2D eigenvalue weighted by Crippen LogP contribution is -2.30. The maximum Gasteiger partial charge on any atom is 0.222 e. The van der Waals surface area contributed by atoms with Crippen LogP contribution in [0.3, 0.4) is 0 Å². The van der Waals surface area contributed by atoms with Crippen LogP contribution in [0.2, 0.25) is 0 Å². The summed E-state index contributed by atoms with van der Waals surface area (Å²) in [5, 5.41) is 9.31. The van der Waals surface area contributed by atoms with Crippen LogP contribution in [-0.4, -0.2) is 47.8 Å². The third-order valence-corrected chi connectivity index (χ3v) is 3.22. The SMILES string of the molecule is O=C(CCC1CCCO1)N1CC[C@H](O)C1. The first-order chi connectivity index (χ1) is 7.25. The van der Waals surface area contributed by atoms with Gasteiger partial charge in [-0.2, -0.15) is 0 Å². The summed E-state index contributed by atoms with van der Waals surface area (Å²) in [6.07, 6.45) is 4.34. The fourth-order valence-electron chi connectivity index (χ4n) is 2.28. The fourth-order valence-corrected chi connectivity index (χ4v) is 2.28. The van der Waals surface area contributed by atoms with Crippen LogP contribution < -0.4 is 0 Å². The van der Waals surface area contributed by atoms with Crippen LogP contribution in [0, 0.1) is 0 Å². The van der Waals surface area contributed by atoms with Gasteiger partial charge in [-0.25, -0.2) is 0 Å². The first-order valence-electron chi connectivity index (χ1n) is 5.83. The maximum atomic E-state index is 11.7. The quantitative estimate of drug-likeness (QED) is 0.744. The van der Waals surface area contributed by atoms with Crippen molar-refractivity contribution < 1.29 is 14.6 Å². The molecule has 2 atom stereocenters. The number of hydrogen-bond donors (Lipinski definition) is 1. The number of nitrogens with zero attached hydrogens (tertiary/aromatic N) is 1. The summed E-state index contributed by atoms with van der Waals surface area (Å²) >= 11 is 0. The lowest BCUT2D eigenvalue weighted by atomic mass is 10.1. The van der Waals surface area contributed by atoms with E-state index >= 15 is 0 Å². The summed E-state index contributed by atoms with van der Waals surface area (Å²) < 4.78 is 5.47. The molecule has 2 heterocycles. The average molecular weight is 213 g/mol. The van der Waals surface area contributed by atoms with E-state index in [0.717, 1.165) is 32.3 Å². The molecule has 4 nitrogen and oxygen atoms in total. The lowest BCUT2D eigenvalue weighted by Gasteiger charge is -2.16. The highest BCUT2D eigenvalue weighted by Gasteiger charge is 2.25. The van der Waals surface area contributed by atoms with E-state index in [0.29, 0.717) is 25.6 Å². The van der Waals surface area contributed by atoms with Crippen molar-refractivity contribution in [1.82, 2.24) is 4.90 Å². The largest absolute Gasteiger partial charge is 0.391 e. The van der Waals surface area contributed by atoms with Crippen molar-refractivity contribution in [3.05, 3.63) is 0 Å². The van der Waals surface area contributed by atoms with Gasteiger partial charge in [-0.3, -0.25) is 4.79 Å². The summed E-state index contributed by atoms with van der Waals surface area (Å²) in [5.41, 5.74) is 0. The van der Waals surface area contributed by atoms with E-state index < -0.39 is 0 Å². The molecule has 2 aliphatic heterocycles. The van der Waals surface area contributed by atoms with E-state index in [9.17, 15) is 9.90 Å². The van der Waals surface area contributed by atoms with Gasteiger partial charge in [0.15, 0.2) is 0 Å². The molecule has 1 unspecified atom stereocenters. The van der Waals surface area contributed by atoms with Crippen molar-refractivity contribution in [3.63, 3.8) is 0 Å². The Labute approximate surface area is 90.2 Å². The number of carbonyl (C=O) groups is 1. The molecule has 1 N–H and O–H groups in total. The Kier molecular flexibility index (Phi) is 3.59. The molecule has 2 saturated heterocycles. The van der Waals surface area contributed by atoms with Gasteiger partial charge in [-0.15, -0.1) is 0 Å². The zero-order valence-corrected chi connectivity index (χ0v) is 9.02. The minimum atomic E-state index is -0.309. The minimum absolute atomic E-state index is 0.169. The summed E-state index contributed by atoms with van der Waals surface area (Å²) in [7, 11) is 0. The molecule has 4 heteroatoms. The first-order valence-corrected chi connectivity index (χ1v) is 5.83. The molecule has 0 aromatic heterocycles. The van der Waals surface area contributed by atoms with E-state index in [-0.39, 0.29) is 12.0 Å². The van der Waals surface area contributed by atoms with Gasteiger partial charge in [-0.05, 0) is 25.7 Å². The van der Waals surface area contributed by atoms with E-state index in [1.54, 1.807) is 4.90 Å². The normalized spacial score (nSPS) is 31.1. The van der Waals surface area contributed by atoms with Gasteiger partial charge < -0.3 is 14.7 Å². The predicted molar refractivity (Wildman–Crippen MR) is 55.4 cm³/mol. The molecule has 0 saturated carbocycles. The van der Waals surface area contributed by atoms with Crippen LogP contribution in [0.15, 0.2) is 0 Å². The van der Waals surface area contributed by atoms with Crippen LogP contribution in [-0.2, 0) is 9.53 Å². The number of rotatable bonds is 3. The van der Waals surface area contributed by atoms with E-state index in [4.69, 9.17) is 4.74 Å². The van der Waals surface area contributed by atoms with Crippen molar-refractivity contribution >= 4 is 5.91 Å². The van der Waals surface area contributed by atoms with E-state index in [2.05, 4.69) is 0 Å². The van der Waals surface area contributed by atoms with Gasteiger partial charge in [0.1, 0.15) is 0 Å². The van der Waals surface area contributed by atoms with E-state index in [1.165, 1.54) is 0 Å². The molecule has 15 heavy (non-hydrogen) atoms. The summed E-state index contributed by atoms with van der Waals surface area (Å²) in [6, 6.07) is 0. The van der Waals surface area contributed by atoms with Gasteiger partial charge in [-0.1, -0.05) is 0 Å². The molecule has 0 aliphatic carbocycles. The number of hydrogen-bond acceptors (Lipinski definition) is 3. The van der Waals surface area contributed by atoms with Crippen LogP contribution in [0.25, 0.3) is 0 Å². The molecule has 0 aromatic rings. The Morgan fingerprint density at radius 3 is 2.93 bits per heavy atom. The van der Waals surface area contributed by atoms with Crippen molar-refractivity contribution in [2.45, 2.75) is 44.3 Å². The van der Waals surface area contributed by atoms with Crippen molar-refractivity contribution in [1.29, 1.82) is 0 Å². The molecule has 2 rings (SSSR count). The minimum Gasteiger partial charge on any atom is -0.391 e. The second-order valence-electron chi connectivity index (χ2n) is 4.46. The Morgan fingerprint density at radius 1 is 1.47 bits per heavy atom. The summed E-state index contributed by atoms with van der Waals surface area (Å²) in [4.78, 5) is 13.5. The number of ether oxygens (including phenoxy) is 1. The van der Waals surface area contributed by atoms with Crippen LogP contribution in [0.1, 0.15) is 32.1 Å². The average Bonchev–Trinajstić information content (AvgIpc) is 2.84. The third-order valence-electron chi connectivity index (χ3n) is 3.22. The third kappa shape index (κ3) is 2.92. The number of likely N-dealkylation sites (tertiary alicyclic amines) is 1. The van der Waals surface area contributed by atoms with Crippen LogP contribution in [0.5, 0.6) is 0 Å². The molecular weight excluding hydrogens is 194 g/mol. The summed E-state index contributed by atoms with van der Waals surface area (Å²) in [5.74, 6) is 0.169. The van der Waals surface area contributed by atoms with Gasteiger partial charge in [0, 0.05) is 26.1 Å². The monoisotopic (exact) mass is 213 g/mol. The number of amides is 1. The zero-order chi connectivity index (χ0) is 10.7. The van der Waals surface area contributed by atoms with Gasteiger partial charge in [0.05, 0.1) is 12.2 Å². The number of β-amino-alcohol motifs (C(OH)–C–C–N with tert-alkyl or cyclic N) is 1. The van der Waals surface area contributed by atoms with Gasteiger partial charge in [0.25, 0.3) is 0 Å². The number of aliphatic hydroxyl groups excluding tert-OH is 1. The fraction of sp³-hybridized carbons (Fsp3) is 0.909.